The van der Waals surface area contributed by atoms with Gasteiger partial charge in [0.15, 0.2) is 5.78 Å². The Morgan fingerprint density at radius 1 is 1.00 bits per heavy atom. The van der Waals surface area contributed by atoms with Crippen molar-refractivity contribution in [2.45, 2.75) is 75.4 Å². The Morgan fingerprint density at radius 3 is 2.56 bits per heavy atom. The van der Waals surface area contributed by atoms with Gasteiger partial charge >= 0.3 is 0 Å². The normalized spacial score (nSPS) is 50.2. The molecule has 0 aromatic heterocycles. The minimum atomic E-state index is -0.968. The van der Waals surface area contributed by atoms with Crippen molar-refractivity contribution in [1.82, 2.24) is 0 Å². The van der Waals surface area contributed by atoms with Crippen molar-refractivity contribution >= 4 is 11.5 Å². The fraction of sp³-hybridized carbons (Fsp3) is 0.556. The zero-order valence-electron chi connectivity index (χ0n) is 19.8. The van der Waals surface area contributed by atoms with Crippen LogP contribution in [0.15, 0.2) is 58.5 Å². The van der Waals surface area contributed by atoms with Gasteiger partial charge in [0.1, 0.15) is 48.9 Å². The van der Waals surface area contributed by atoms with Crippen LogP contribution in [0.5, 0.6) is 0 Å². The highest BCUT2D eigenvalue weighted by Gasteiger charge is 2.78. The molecule has 1 aromatic rings. The van der Waals surface area contributed by atoms with E-state index in [0.717, 1.165) is 5.56 Å². The Kier molecular flexibility index (Phi) is 4.21. The fourth-order valence-electron chi connectivity index (χ4n) is 7.76. The van der Waals surface area contributed by atoms with Gasteiger partial charge in [0.25, 0.3) is 0 Å². The van der Waals surface area contributed by atoms with Gasteiger partial charge in [-0.2, -0.15) is 0 Å². The zero-order valence-corrected chi connectivity index (χ0v) is 19.8. The van der Waals surface area contributed by atoms with Crippen LogP contribution < -0.4 is 0 Å². The average Bonchev–Trinajstić information content (AvgIpc) is 3.79. The van der Waals surface area contributed by atoms with Gasteiger partial charge in [0.2, 0.25) is 0 Å². The summed E-state index contributed by atoms with van der Waals surface area (Å²) in [6.07, 6.45) is -3.61. The van der Waals surface area contributed by atoms with E-state index >= 15 is 0 Å². The van der Waals surface area contributed by atoms with Crippen molar-refractivity contribution in [2.24, 2.45) is 22.4 Å². The zero-order chi connectivity index (χ0) is 24.5. The van der Waals surface area contributed by atoms with Gasteiger partial charge in [-0.1, -0.05) is 35.5 Å². The van der Waals surface area contributed by atoms with Gasteiger partial charge in [-0.05, 0) is 25.0 Å². The van der Waals surface area contributed by atoms with Crippen molar-refractivity contribution in [3.8, 4) is 0 Å². The minimum absolute atomic E-state index is 0.0701. The molecule has 2 N–H and O–H groups in total. The first-order chi connectivity index (χ1) is 17.4. The molecule has 8 aliphatic rings. The maximum absolute atomic E-state index is 13.4. The van der Waals surface area contributed by atoms with Gasteiger partial charge in [0.05, 0.1) is 30.0 Å². The molecule has 9 heteroatoms. The highest BCUT2D eigenvalue weighted by atomic mass is 16.6. The van der Waals surface area contributed by atoms with Gasteiger partial charge < -0.3 is 34.0 Å². The first-order valence-corrected chi connectivity index (χ1v) is 12.7. The number of benzene rings is 1. The molecular weight excluding hydrogens is 466 g/mol. The third kappa shape index (κ3) is 2.48. The summed E-state index contributed by atoms with van der Waals surface area (Å²) in [5.74, 6) is -0.701. The number of rotatable bonds is 3. The number of fused-ring (bicyclic) bond motifs is 3. The first kappa shape index (κ1) is 21.5. The number of ketones is 1. The quantitative estimate of drug-likeness (QED) is 0.473. The number of aliphatic hydroxyl groups excluding tert-OH is 2. The maximum atomic E-state index is 13.4. The molecule has 36 heavy (non-hydrogen) atoms. The maximum Gasteiger partial charge on any atom is 0.190 e. The highest BCUT2D eigenvalue weighted by Crippen LogP contribution is 2.68. The minimum Gasteiger partial charge on any atom is -0.498 e. The second-order valence-corrected chi connectivity index (χ2v) is 11.0. The fourth-order valence-corrected chi connectivity index (χ4v) is 7.76. The summed E-state index contributed by atoms with van der Waals surface area (Å²) in [7, 11) is 0. The number of aliphatic hydroxyl groups is 2. The third-order valence-corrected chi connectivity index (χ3v) is 9.27. The molecule has 0 amide bonds. The first-order valence-electron chi connectivity index (χ1n) is 12.7. The number of nitrogens with zero attached hydrogens (tertiary/aromatic N) is 1. The van der Waals surface area contributed by atoms with Gasteiger partial charge in [-0.3, -0.25) is 4.79 Å². The van der Waals surface area contributed by atoms with Crippen molar-refractivity contribution in [1.29, 1.82) is 0 Å². The lowest BCUT2D eigenvalue weighted by Gasteiger charge is -2.64. The molecule has 5 heterocycles. The summed E-state index contributed by atoms with van der Waals surface area (Å²) >= 11 is 0. The van der Waals surface area contributed by atoms with Crippen LogP contribution >= 0.6 is 0 Å². The van der Waals surface area contributed by atoms with Crippen molar-refractivity contribution in [3.05, 3.63) is 58.9 Å². The predicted molar refractivity (Wildman–Crippen MR) is 122 cm³/mol. The van der Waals surface area contributed by atoms with Crippen LogP contribution in [0, 0.1) is 17.3 Å². The van der Waals surface area contributed by atoms with Crippen LogP contribution in [0.2, 0.25) is 0 Å². The molecule has 188 valence electrons. The van der Waals surface area contributed by atoms with Crippen molar-refractivity contribution in [3.63, 3.8) is 0 Å². The molecular formula is C27H27NO8. The molecule has 1 saturated carbocycles. The second kappa shape index (κ2) is 7.05. The molecule has 5 aliphatic heterocycles. The SMILES string of the molecule is C[C@@H]1O[C@H]2C3=C(C(=O)[C@H]4O[C@@H]4[C@H]3O)[C@@H]1[C@H]1[C@H](C)OC=C3[C@H](O)[C@H]4O[C@H]4/C(=N\OCc4ccccc4)[C@]312. The van der Waals surface area contributed by atoms with Crippen molar-refractivity contribution in [2.75, 3.05) is 0 Å². The van der Waals surface area contributed by atoms with E-state index in [1.54, 1.807) is 6.26 Å². The van der Waals surface area contributed by atoms with Gasteiger partial charge in [0, 0.05) is 23.0 Å². The van der Waals surface area contributed by atoms with E-state index in [2.05, 4.69) is 5.16 Å². The summed E-state index contributed by atoms with van der Waals surface area (Å²) in [5, 5.41) is 27.3. The van der Waals surface area contributed by atoms with E-state index in [9.17, 15) is 15.0 Å². The number of carbonyl (C=O) groups excluding carboxylic acids is 1. The largest absolute Gasteiger partial charge is 0.498 e. The van der Waals surface area contributed by atoms with E-state index in [1.165, 1.54) is 0 Å². The van der Waals surface area contributed by atoms with Crippen LogP contribution in [0.3, 0.4) is 0 Å². The number of epoxide rings is 2. The molecule has 2 bridgehead atoms. The molecule has 3 aliphatic carbocycles. The molecule has 9 nitrogen and oxygen atoms in total. The smallest absolute Gasteiger partial charge is 0.190 e. The predicted octanol–water partition coefficient (Wildman–Crippen LogP) is 1.03. The Labute approximate surface area is 207 Å². The topological polar surface area (TPSA) is 123 Å². The molecule has 12 atom stereocenters. The van der Waals surface area contributed by atoms with E-state index in [-0.39, 0.29) is 36.4 Å². The number of Topliss-reactive ketones (excluding diaryl/α,β-unsaturated/α-hetero) is 1. The van der Waals surface area contributed by atoms with Crippen LogP contribution in [-0.2, 0) is 35.2 Å². The molecule has 3 saturated heterocycles. The summed E-state index contributed by atoms with van der Waals surface area (Å²) in [6, 6.07) is 9.75. The van der Waals surface area contributed by atoms with Gasteiger partial charge in [-0.15, -0.1) is 0 Å². The van der Waals surface area contributed by atoms with E-state index in [0.29, 0.717) is 22.4 Å². The molecule has 1 aromatic carbocycles. The Bertz CT molecular complexity index is 1260. The van der Waals surface area contributed by atoms with Crippen molar-refractivity contribution < 1.29 is 38.8 Å². The summed E-state index contributed by atoms with van der Waals surface area (Å²) < 4.78 is 24.2. The highest BCUT2D eigenvalue weighted by molar-refractivity contribution is 6.07. The lowest BCUT2D eigenvalue weighted by atomic mass is 9.45. The third-order valence-electron chi connectivity index (χ3n) is 9.27. The summed E-state index contributed by atoms with van der Waals surface area (Å²) in [4.78, 5) is 19.3. The number of hydrogen-bond acceptors (Lipinski definition) is 9. The Balaban J connectivity index is 1.31. The molecule has 1 spiro atoms. The molecule has 0 unspecified atom stereocenters. The lowest BCUT2D eigenvalue weighted by molar-refractivity contribution is -0.187. The van der Waals surface area contributed by atoms with E-state index in [1.807, 2.05) is 44.2 Å². The standard InChI is InChI=1S/C27H27NO8/c1-10-14-15-16(20(31)23-22(35-23)19(15)30)26(34-10)27-13(9-32-11(2)17(14)27)18(29)21-24(36-21)25(27)28-33-8-12-6-4-3-5-7-12/h3-7,9-11,14,17-18,20-24,26,29,31H,8H2,1-2H3/b28-25+/t10-,11-,14+,17+,18-,20-,21+,22+,23+,24+,26-,27-/m0/s1. The summed E-state index contributed by atoms with van der Waals surface area (Å²) in [5.41, 5.74) is 2.41. The van der Waals surface area contributed by atoms with Crippen LogP contribution in [0.1, 0.15) is 19.4 Å². The van der Waals surface area contributed by atoms with Gasteiger partial charge in [-0.25, -0.2) is 0 Å². The van der Waals surface area contributed by atoms with Crippen LogP contribution in [-0.4, -0.2) is 76.6 Å². The second-order valence-electron chi connectivity index (χ2n) is 11.0. The molecule has 4 fully saturated rings. The number of oxime groups is 1. The Hall–Kier alpha value is -2.56. The van der Waals surface area contributed by atoms with E-state index in [4.69, 9.17) is 23.8 Å². The lowest BCUT2D eigenvalue weighted by Crippen LogP contribution is -2.72. The van der Waals surface area contributed by atoms with Crippen LogP contribution in [0.25, 0.3) is 0 Å². The number of ether oxygens (including phenoxy) is 4. The Morgan fingerprint density at radius 2 is 1.75 bits per heavy atom. The molecule has 9 rings (SSSR count). The monoisotopic (exact) mass is 493 g/mol. The van der Waals surface area contributed by atoms with E-state index < -0.39 is 48.1 Å². The average molecular weight is 494 g/mol. The summed E-state index contributed by atoms with van der Waals surface area (Å²) in [6.45, 7) is 4.20. The molecule has 0 radical (unpaired) electrons. The van der Waals surface area contributed by atoms with Crippen LogP contribution in [0.4, 0.5) is 0 Å². The number of hydrogen-bond donors (Lipinski definition) is 2. The number of carbonyl (C=O) groups is 1.